The maximum absolute atomic E-state index is 11.4. The molecule has 0 spiro atoms. The number of halogens is 2. The smallest absolute Gasteiger partial charge is 0.224 e. The van der Waals surface area contributed by atoms with Gasteiger partial charge in [-0.1, -0.05) is 29.3 Å². The number of carbonyl (C=O) groups excluding carboxylic acids is 1. The van der Waals surface area contributed by atoms with Gasteiger partial charge >= 0.3 is 0 Å². The molecule has 0 radical (unpaired) electrons. The summed E-state index contributed by atoms with van der Waals surface area (Å²) in [5.41, 5.74) is -0.716. The van der Waals surface area contributed by atoms with E-state index in [0.717, 1.165) is 0 Å². The summed E-state index contributed by atoms with van der Waals surface area (Å²) in [7, 11) is 0. The van der Waals surface area contributed by atoms with E-state index in [1.54, 1.807) is 12.1 Å². The summed E-state index contributed by atoms with van der Waals surface area (Å²) in [6.45, 7) is 4.39. The molecule has 0 bridgehead atoms. The number of hydrogen-bond donors (Lipinski definition) is 0. The lowest BCUT2D eigenvalue weighted by atomic mass is 9.79. The predicted molar refractivity (Wildman–Crippen MR) is 75.6 cm³/mol. The van der Waals surface area contributed by atoms with Crippen LogP contribution in [0.3, 0.4) is 0 Å². The molecule has 0 heterocycles. The number of benzene rings is 1. The fourth-order valence-corrected chi connectivity index (χ4v) is 2.48. The van der Waals surface area contributed by atoms with E-state index in [4.69, 9.17) is 23.2 Å². The number of nitro groups is 1. The maximum Gasteiger partial charge on any atom is 0.224 e. The van der Waals surface area contributed by atoms with Crippen LogP contribution in [-0.4, -0.2) is 16.2 Å². The Labute approximate surface area is 121 Å². The van der Waals surface area contributed by atoms with Crippen LogP contribution in [0.4, 0.5) is 0 Å². The van der Waals surface area contributed by atoms with Gasteiger partial charge in [0, 0.05) is 35.2 Å². The van der Waals surface area contributed by atoms with E-state index < -0.39 is 11.5 Å². The molecule has 1 atom stereocenters. The van der Waals surface area contributed by atoms with E-state index in [0.29, 0.717) is 15.6 Å². The quantitative estimate of drug-likeness (QED) is 0.607. The van der Waals surface area contributed by atoms with Gasteiger partial charge in [-0.15, -0.1) is 0 Å². The molecule has 1 rings (SSSR count). The molecule has 0 amide bonds. The third kappa shape index (κ3) is 3.67. The highest BCUT2D eigenvalue weighted by atomic mass is 35.5. The normalized spacial score (nSPS) is 13.1. The Hall–Kier alpha value is -1.13. The van der Waals surface area contributed by atoms with Crippen LogP contribution in [0.5, 0.6) is 0 Å². The summed E-state index contributed by atoms with van der Waals surface area (Å²) >= 11 is 11.9. The van der Waals surface area contributed by atoms with Crippen molar-refractivity contribution in [1.82, 2.24) is 0 Å². The van der Waals surface area contributed by atoms with Crippen LogP contribution in [0.25, 0.3) is 0 Å². The zero-order chi connectivity index (χ0) is 14.8. The third-order valence-corrected chi connectivity index (χ3v) is 3.72. The lowest BCUT2D eigenvalue weighted by Gasteiger charge is -2.27. The van der Waals surface area contributed by atoms with E-state index in [1.165, 1.54) is 26.8 Å². The summed E-state index contributed by atoms with van der Waals surface area (Å²) in [4.78, 5) is 22.2. The average Bonchev–Trinajstić information content (AvgIpc) is 2.26. The molecule has 104 valence electrons. The van der Waals surface area contributed by atoms with Gasteiger partial charge in [0.15, 0.2) is 0 Å². The number of hydrogen-bond acceptors (Lipinski definition) is 3. The van der Waals surface area contributed by atoms with Crippen molar-refractivity contribution in [1.29, 1.82) is 0 Å². The minimum atomic E-state index is -1.29. The summed E-state index contributed by atoms with van der Waals surface area (Å²) in [5, 5.41) is 12.0. The lowest BCUT2D eigenvalue weighted by molar-refractivity contribution is -0.565. The van der Waals surface area contributed by atoms with Crippen molar-refractivity contribution in [3.63, 3.8) is 0 Å². The Morgan fingerprint density at radius 3 is 2.42 bits per heavy atom. The van der Waals surface area contributed by atoms with E-state index in [2.05, 4.69) is 0 Å². The molecular formula is C13H15Cl2NO3. The van der Waals surface area contributed by atoms with Crippen molar-refractivity contribution in [3.8, 4) is 0 Å². The lowest BCUT2D eigenvalue weighted by Crippen LogP contribution is -2.39. The van der Waals surface area contributed by atoms with Crippen LogP contribution >= 0.6 is 23.2 Å². The van der Waals surface area contributed by atoms with Crippen molar-refractivity contribution in [2.24, 2.45) is 0 Å². The molecule has 0 aliphatic heterocycles. The van der Waals surface area contributed by atoms with Gasteiger partial charge in [0.2, 0.25) is 5.54 Å². The first-order valence-corrected chi connectivity index (χ1v) is 6.50. The van der Waals surface area contributed by atoms with Crippen LogP contribution < -0.4 is 0 Å². The predicted octanol–water partition coefficient (Wildman–Crippen LogP) is 4.11. The fourth-order valence-electron chi connectivity index (χ4n) is 1.94. The topological polar surface area (TPSA) is 60.2 Å². The Kier molecular flexibility index (Phi) is 4.93. The molecule has 1 aromatic carbocycles. The molecule has 0 saturated carbocycles. The number of carbonyl (C=O) groups is 1. The van der Waals surface area contributed by atoms with Crippen LogP contribution in [0.15, 0.2) is 18.2 Å². The second-order valence-electron chi connectivity index (χ2n) is 5.04. The zero-order valence-electron chi connectivity index (χ0n) is 10.9. The third-order valence-electron chi connectivity index (χ3n) is 3.15. The molecule has 0 aliphatic carbocycles. The number of nitrogens with zero attached hydrogens (tertiary/aromatic N) is 1. The molecule has 4 nitrogen and oxygen atoms in total. The van der Waals surface area contributed by atoms with E-state index in [9.17, 15) is 14.9 Å². The summed E-state index contributed by atoms with van der Waals surface area (Å²) < 4.78 is 0. The van der Waals surface area contributed by atoms with Crippen LogP contribution in [-0.2, 0) is 4.79 Å². The highest BCUT2D eigenvalue weighted by molar-refractivity contribution is 6.35. The number of rotatable bonds is 5. The summed E-state index contributed by atoms with van der Waals surface area (Å²) in [6.07, 6.45) is 0.0648. The molecule has 6 heteroatoms. The Morgan fingerprint density at radius 2 is 2.00 bits per heavy atom. The largest absolute Gasteiger partial charge is 0.300 e. The highest BCUT2D eigenvalue weighted by Gasteiger charge is 2.43. The summed E-state index contributed by atoms with van der Waals surface area (Å²) in [6, 6.07) is 4.79. The van der Waals surface area contributed by atoms with Gasteiger partial charge in [-0.05, 0) is 24.6 Å². The van der Waals surface area contributed by atoms with Crippen LogP contribution in [0.1, 0.15) is 38.7 Å². The Balaban J connectivity index is 3.31. The molecule has 1 aromatic rings. The first-order chi connectivity index (χ1) is 8.66. The van der Waals surface area contributed by atoms with Gasteiger partial charge in [-0.2, -0.15) is 0 Å². The monoisotopic (exact) mass is 303 g/mol. The van der Waals surface area contributed by atoms with E-state index >= 15 is 0 Å². The molecule has 0 N–H and O–H groups in total. The van der Waals surface area contributed by atoms with Gasteiger partial charge in [0.05, 0.1) is 5.92 Å². The van der Waals surface area contributed by atoms with Crippen molar-refractivity contribution < 1.29 is 9.72 Å². The second kappa shape index (κ2) is 5.88. The minimum Gasteiger partial charge on any atom is -0.300 e. The molecule has 0 unspecified atom stereocenters. The number of ketones is 1. The SMILES string of the molecule is CC(=O)C[C@@H](c1ccc(Cl)cc1Cl)C(C)(C)[N+](=O)[O-]. The van der Waals surface area contributed by atoms with Gasteiger partial charge < -0.3 is 4.79 Å². The van der Waals surface area contributed by atoms with Gasteiger partial charge in [0.25, 0.3) is 0 Å². The van der Waals surface area contributed by atoms with E-state index in [-0.39, 0.29) is 17.1 Å². The van der Waals surface area contributed by atoms with Crippen molar-refractivity contribution in [3.05, 3.63) is 43.9 Å². The molecule has 0 aliphatic rings. The molecule has 0 fully saturated rings. The zero-order valence-corrected chi connectivity index (χ0v) is 12.5. The standard InChI is InChI=1S/C13H15Cl2NO3/c1-8(17)6-11(13(2,3)16(18)19)10-5-4-9(14)7-12(10)15/h4-5,7,11H,6H2,1-3H3/t11-/m0/s1. The molecule has 0 saturated heterocycles. The summed E-state index contributed by atoms with van der Waals surface area (Å²) in [5.74, 6) is -0.712. The fraction of sp³-hybridized carbons (Fsp3) is 0.462. The minimum absolute atomic E-state index is 0.0648. The van der Waals surface area contributed by atoms with Crippen molar-refractivity contribution in [2.45, 2.75) is 38.6 Å². The second-order valence-corrected chi connectivity index (χ2v) is 5.88. The average molecular weight is 304 g/mol. The highest BCUT2D eigenvalue weighted by Crippen LogP contribution is 2.38. The number of Topliss-reactive ketones (excluding diaryl/α,β-unsaturated/α-hetero) is 1. The molecule has 0 aromatic heterocycles. The molecular weight excluding hydrogens is 289 g/mol. The van der Waals surface area contributed by atoms with Crippen molar-refractivity contribution >= 4 is 29.0 Å². The maximum atomic E-state index is 11.4. The van der Waals surface area contributed by atoms with Crippen LogP contribution in [0, 0.1) is 10.1 Å². The van der Waals surface area contributed by atoms with Gasteiger partial charge in [-0.25, -0.2) is 0 Å². The van der Waals surface area contributed by atoms with Crippen LogP contribution in [0.2, 0.25) is 10.0 Å². The van der Waals surface area contributed by atoms with E-state index in [1.807, 2.05) is 0 Å². The van der Waals surface area contributed by atoms with Crippen molar-refractivity contribution in [2.75, 3.05) is 0 Å². The van der Waals surface area contributed by atoms with Gasteiger partial charge in [-0.3, -0.25) is 10.1 Å². The first-order valence-electron chi connectivity index (χ1n) is 5.75. The Morgan fingerprint density at radius 1 is 1.42 bits per heavy atom. The Bertz CT molecular complexity index is 515. The van der Waals surface area contributed by atoms with Gasteiger partial charge in [0.1, 0.15) is 5.78 Å². The first kappa shape index (κ1) is 15.9. The molecule has 19 heavy (non-hydrogen) atoms.